The fraction of sp³-hybridized carbons (Fsp3) is 0.344. The molecule has 2 aliphatic rings. The monoisotopic (exact) mass is 545 g/mol. The molecular formula is C32H29F2NO5. The zero-order valence-electron chi connectivity index (χ0n) is 23.0. The average molecular weight is 546 g/mol. The van der Waals surface area contributed by atoms with Crippen LogP contribution in [0.2, 0.25) is 0 Å². The van der Waals surface area contributed by atoms with Gasteiger partial charge in [0.05, 0.1) is 5.56 Å². The third-order valence-electron chi connectivity index (χ3n) is 8.63. The number of carbonyl (C=O) groups excluding carboxylic acids is 1. The molecule has 8 heteroatoms. The zero-order valence-corrected chi connectivity index (χ0v) is 23.0. The number of rotatable bonds is 3. The van der Waals surface area contributed by atoms with Crippen molar-refractivity contribution in [3.63, 3.8) is 0 Å². The predicted molar refractivity (Wildman–Crippen MR) is 150 cm³/mol. The lowest BCUT2D eigenvalue weighted by molar-refractivity contribution is 0.104. The standard InChI is InChI=1S/C32H29F2NO5/c1-16-19(6-7-24(36)21-13-17-12-18(33)14-23(34)27(17)39-30(21)38)29(37)40-28-20(16)15-22-26-25(28)32(4,5)9-11-35(26)10-8-31(22,2)3/h6-7,12-15H,8-11H2,1-5H3/b7-6+. The van der Waals surface area contributed by atoms with Crippen LogP contribution >= 0.6 is 0 Å². The van der Waals surface area contributed by atoms with E-state index in [4.69, 9.17) is 8.83 Å². The van der Waals surface area contributed by atoms with Gasteiger partial charge in [0.2, 0.25) is 0 Å². The number of allylic oxidation sites excluding steroid dienone is 1. The highest BCUT2D eigenvalue weighted by Crippen LogP contribution is 2.52. The largest absolute Gasteiger partial charge is 0.422 e. The van der Waals surface area contributed by atoms with E-state index in [0.29, 0.717) is 17.2 Å². The number of halogens is 2. The van der Waals surface area contributed by atoms with Gasteiger partial charge in [-0.3, -0.25) is 4.79 Å². The molecule has 0 N–H and O–H groups in total. The lowest BCUT2D eigenvalue weighted by Gasteiger charge is -2.48. The number of fused-ring (bicyclic) bond motifs is 3. The summed E-state index contributed by atoms with van der Waals surface area (Å²) in [5.74, 6) is -2.67. The molecule has 2 aromatic carbocycles. The molecule has 4 aromatic rings. The van der Waals surface area contributed by atoms with Gasteiger partial charge < -0.3 is 13.7 Å². The molecule has 2 aromatic heterocycles. The third-order valence-corrected chi connectivity index (χ3v) is 8.63. The SMILES string of the molecule is Cc1c(/C=C/C(=O)c2cc3cc(F)cc(F)c3oc2=O)c(=O)oc2c3c4c(cc12)C(C)(C)CCN4CCC3(C)C. The molecular weight excluding hydrogens is 516 g/mol. The Balaban J connectivity index is 1.50. The van der Waals surface area contributed by atoms with Gasteiger partial charge in [0.1, 0.15) is 17.0 Å². The Morgan fingerprint density at radius 1 is 0.925 bits per heavy atom. The van der Waals surface area contributed by atoms with Crippen LogP contribution in [0.4, 0.5) is 14.5 Å². The Bertz CT molecular complexity index is 1910. The predicted octanol–water partition coefficient (Wildman–Crippen LogP) is 6.55. The fourth-order valence-electron chi connectivity index (χ4n) is 6.15. The Labute approximate surface area is 228 Å². The summed E-state index contributed by atoms with van der Waals surface area (Å²) in [5, 5.41) is 0.745. The minimum Gasteiger partial charge on any atom is -0.422 e. The summed E-state index contributed by atoms with van der Waals surface area (Å²) < 4.78 is 38.6. The van der Waals surface area contributed by atoms with Crippen LogP contribution in [-0.2, 0) is 10.8 Å². The van der Waals surface area contributed by atoms with Crippen LogP contribution in [0.3, 0.4) is 0 Å². The maximum absolute atomic E-state index is 14.0. The maximum atomic E-state index is 14.0. The summed E-state index contributed by atoms with van der Waals surface area (Å²) in [5.41, 5.74) is 2.07. The lowest BCUT2D eigenvalue weighted by Crippen LogP contribution is -2.44. The van der Waals surface area contributed by atoms with E-state index in [1.165, 1.54) is 11.6 Å². The average Bonchev–Trinajstić information content (AvgIpc) is 2.87. The van der Waals surface area contributed by atoms with Crippen LogP contribution in [-0.4, -0.2) is 18.9 Å². The first kappa shape index (κ1) is 26.2. The van der Waals surface area contributed by atoms with Crippen molar-refractivity contribution >= 4 is 39.5 Å². The van der Waals surface area contributed by atoms with Crippen LogP contribution in [0.1, 0.15) is 73.1 Å². The molecule has 2 aliphatic heterocycles. The van der Waals surface area contributed by atoms with Crippen molar-refractivity contribution in [3.05, 3.63) is 90.6 Å². The summed E-state index contributed by atoms with van der Waals surface area (Å²) in [7, 11) is 0. The minimum absolute atomic E-state index is 0.0618. The van der Waals surface area contributed by atoms with Gasteiger partial charge in [0.15, 0.2) is 17.2 Å². The van der Waals surface area contributed by atoms with Gasteiger partial charge in [-0.05, 0) is 72.1 Å². The van der Waals surface area contributed by atoms with Crippen molar-refractivity contribution in [1.29, 1.82) is 0 Å². The van der Waals surface area contributed by atoms with Crippen molar-refractivity contribution in [2.75, 3.05) is 18.0 Å². The van der Waals surface area contributed by atoms with E-state index in [-0.39, 0.29) is 21.8 Å². The molecule has 0 fully saturated rings. The van der Waals surface area contributed by atoms with Crippen LogP contribution in [0.25, 0.3) is 28.0 Å². The molecule has 0 unspecified atom stereocenters. The van der Waals surface area contributed by atoms with Gasteiger partial charge >= 0.3 is 11.3 Å². The molecule has 0 bridgehead atoms. The van der Waals surface area contributed by atoms with Gasteiger partial charge in [-0.2, -0.15) is 0 Å². The summed E-state index contributed by atoms with van der Waals surface area (Å²) in [6.45, 7) is 12.5. The fourth-order valence-corrected chi connectivity index (χ4v) is 6.15. The van der Waals surface area contributed by atoms with Crippen LogP contribution in [0.5, 0.6) is 0 Å². The lowest BCUT2D eigenvalue weighted by atomic mass is 9.69. The van der Waals surface area contributed by atoms with E-state index >= 15 is 0 Å². The summed E-state index contributed by atoms with van der Waals surface area (Å²) in [6, 6.07) is 4.77. The molecule has 4 heterocycles. The number of hydrogen-bond acceptors (Lipinski definition) is 6. The number of hydrogen-bond donors (Lipinski definition) is 0. The Morgan fingerprint density at radius 3 is 2.33 bits per heavy atom. The quantitative estimate of drug-likeness (QED) is 0.165. The smallest absolute Gasteiger partial charge is 0.347 e. The Hall–Kier alpha value is -4.07. The number of nitrogens with zero attached hydrogens (tertiary/aromatic N) is 1. The highest BCUT2D eigenvalue weighted by atomic mass is 19.1. The topological polar surface area (TPSA) is 80.7 Å². The number of benzene rings is 2. The molecule has 0 spiro atoms. The molecule has 6 nitrogen and oxygen atoms in total. The second-order valence-electron chi connectivity index (χ2n) is 12.2. The number of anilines is 1. The van der Waals surface area contributed by atoms with Crippen molar-refractivity contribution in [2.24, 2.45) is 0 Å². The van der Waals surface area contributed by atoms with Gasteiger partial charge in [0, 0.05) is 41.2 Å². The summed E-state index contributed by atoms with van der Waals surface area (Å²) in [6.07, 6.45) is 4.34. The van der Waals surface area contributed by atoms with Gasteiger partial charge in [-0.25, -0.2) is 18.4 Å². The first-order valence-corrected chi connectivity index (χ1v) is 13.3. The Kier molecular flexibility index (Phi) is 5.70. The van der Waals surface area contributed by atoms with E-state index in [2.05, 4.69) is 38.7 Å². The highest BCUT2D eigenvalue weighted by Gasteiger charge is 2.42. The third kappa shape index (κ3) is 3.92. The van der Waals surface area contributed by atoms with Crippen molar-refractivity contribution in [2.45, 2.75) is 58.3 Å². The highest BCUT2D eigenvalue weighted by molar-refractivity contribution is 6.08. The number of aryl methyl sites for hydroxylation is 1. The minimum atomic E-state index is -1.06. The van der Waals surface area contributed by atoms with E-state index in [1.807, 2.05) is 6.92 Å². The molecule has 0 saturated carbocycles. The van der Waals surface area contributed by atoms with E-state index in [1.54, 1.807) is 0 Å². The van der Waals surface area contributed by atoms with Crippen LogP contribution in [0, 0.1) is 18.6 Å². The Morgan fingerprint density at radius 2 is 1.60 bits per heavy atom. The molecule has 0 amide bonds. The maximum Gasteiger partial charge on any atom is 0.347 e. The summed E-state index contributed by atoms with van der Waals surface area (Å²) >= 11 is 0. The molecule has 40 heavy (non-hydrogen) atoms. The van der Waals surface area contributed by atoms with E-state index < -0.39 is 39.8 Å². The number of carbonyl (C=O) groups is 1. The van der Waals surface area contributed by atoms with Gasteiger partial charge in [0.25, 0.3) is 0 Å². The van der Waals surface area contributed by atoms with Gasteiger partial charge in [-0.1, -0.05) is 27.7 Å². The first-order valence-electron chi connectivity index (χ1n) is 13.3. The second kappa shape index (κ2) is 8.71. The summed E-state index contributed by atoms with van der Waals surface area (Å²) in [4.78, 5) is 41.1. The molecule has 0 saturated heterocycles. The molecule has 0 atom stereocenters. The second-order valence-corrected chi connectivity index (χ2v) is 12.2. The first-order chi connectivity index (χ1) is 18.8. The van der Waals surface area contributed by atoms with Crippen molar-refractivity contribution in [1.82, 2.24) is 0 Å². The number of ketones is 1. The van der Waals surface area contributed by atoms with Crippen LogP contribution < -0.4 is 16.2 Å². The van der Waals surface area contributed by atoms with E-state index in [0.717, 1.165) is 60.8 Å². The van der Waals surface area contributed by atoms with Crippen molar-refractivity contribution < 1.29 is 22.4 Å². The molecule has 6 rings (SSSR count). The molecule has 0 aliphatic carbocycles. The van der Waals surface area contributed by atoms with E-state index in [9.17, 15) is 23.2 Å². The van der Waals surface area contributed by atoms with Crippen LogP contribution in [0.15, 0.2) is 48.8 Å². The normalized spacial score (nSPS) is 17.5. The van der Waals surface area contributed by atoms with Crippen molar-refractivity contribution in [3.8, 4) is 0 Å². The zero-order chi connectivity index (χ0) is 28.7. The molecule has 206 valence electrons. The molecule has 0 radical (unpaired) electrons. The van der Waals surface area contributed by atoms with Gasteiger partial charge in [-0.15, -0.1) is 0 Å².